The minimum Gasteiger partial charge on any atom is -0.495 e. The van der Waals surface area contributed by atoms with Crippen LogP contribution in [0, 0.1) is 0 Å². The van der Waals surface area contributed by atoms with Crippen molar-refractivity contribution in [3.63, 3.8) is 0 Å². The molecule has 1 saturated heterocycles. The molecule has 2 aromatic rings. The second-order valence-electron chi connectivity index (χ2n) is 7.45. The molecular formula is C22H29N3O. The molecule has 4 heteroatoms. The van der Waals surface area contributed by atoms with Crippen LogP contribution in [0.15, 0.2) is 48.7 Å². The molecule has 1 saturated carbocycles. The topological polar surface area (TPSA) is 28.6 Å². The number of anilines is 1. The molecule has 2 heterocycles. The SMILES string of the molecule is COc1ccccc1N1CCN([C@H]2CC[C@H](c3ccccn3)CC2)CC1. The predicted molar refractivity (Wildman–Crippen MR) is 106 cm³/mol. The average molecular weight is 351 g/mol. The molecule has 1 aliphatic carbocycles. The molecule has 138 valence electrons. The van der Waals surface area contributed by atoms with Crippen molar-refractivity contribution in [1.82, 2.24) is 9.88 Å². The molecule has 4 nitrogen and oxygen atoms in total. The van der Waals surface area contributed by atoms with Crippen LogP contribution in [0.1, 0.15) is 37.3 Å². The summed E-state index contributed by atoms with van der Waals surface area (Å²) in [5.41, 5.74) is 2.51. The summed E-state index contributed by atoms with van der Waals surface area (Å²) in [6.45, 7) is 4.47. The van der Waals surface area contributed by atoms with E-state index in [1.54, 1.807) is 7.11 Å². The van der Waals surface area contributed by atoms with E-state index in [9.17, 15) is 0 Å². The van der Waals surface area contributed by atoms with E-state index in [1.165, 1.54) is 37.1 Å². The van der Waals surface area contributed by atoms with Crippen LogP contribution in [0.3, 0.4) is 0 Å². The van der Waals surface area contributed by atoms with E-state index in [1.807, 2.05) is 18.3 Å². The number of methoxy groups -OCH3 is 1. The lowest BCUT2D eigenvalue weighted by atomic mass is 9.83. The van der Waals surface area contributed by atoms with E-state index in [4.69, 9.17) is 4.74 Å². The summed E-state index contributed by atoms with van der Waals surface area (Å²) in [4.78, 5) is 9.74. The maximum Gasteiger partial charge on any atom is 0.142 e. The number of aromatic nitrogens is 1. The summed E-state index contributed by atoms with van der Waals surface area (Å²) in [7, 11) is 1.76. The van der Waals surface area contributed by atoms with Crippen LogP contribution < -0.4 is 9.64 Å². The molecule has 0 atom stereocenters. The van der Waals surface area contributed by atoms with Crippen LogP contribution in [-0.4, -0.2) is 49.2 Å². The molecule has 2 aliphatic rings. The summed E-state index contributed by atoms with van der Waals surface area (Å²) in [5, 5.41) is 0. The largest absolute Gasteiger partial charge is 0.495 e. The zero-order chi connectivity index (χ0) is 17.8. The van der Waals surface area contributed by atoms with Crippen LogP contribution in [-0.2, 0) is 0 Å². The van der Waals surface area contributed by atoms with Gasteiger partial charge in [-0.2, -0.15) is 0 Å². The lowest BCUT2D eigenvalue weighted by Gasteiger charge is -2.42. The highest BCUT2D eigenvalue weighted by atomic mass is 16.5. The molecule has 0 N–H and O–H groups in total. The zero-order valence-electron chi connectivity index (χ0n) is 15.7. The van der Waals surface area contributed by atoms with E-state index < -0.39 is 0 Å². The number of hydrogen-bond donors (Lipinski definition) is 0. The van der Waals surface area contributed by atoms with E-state index in [0.717, 1.165) is 38.0 Å². The van der Waals surface area contributed by atoms with Gasteiger partial charge in [-0.25, -0.2) is 0 Å². The van der Waals surface area contributed by atoms with Gasteiger partial charge in [0, 0.05) is 50.0 Å². The van der Waals surface area contributed by atoms with Gasteiger partial charge in [-0.3, -0.25) is 9.88 Å². The molecule has 0 radical (unpaired) electrons. The first-order valence-corrected chi connectivity index (χ1v) is 9.88. The van der Waals surface area contributed by atoms with Crippen molar-refractivity contribution in [2.24, 2.45) is 0 Å². The number of ether oxygens (including phenoxy) is 1. The van der Waals surface area contributed by atoms with Crippen molar-refractivity contribution >= 4 is 5.69 Å². The van der Waals surface area contributed by atoms with E-state index in [2.05, 4.69) is 45.1 Å². The number of benzene rings is 1. The molecule has 2 fully saturated rings. The van der Waals surface area contributed by atoms with Gasteiger partial charge in [0.2, 0.25) is 0 Å². The maximum atomic E-state index is 5.53. The quantitative estimate of drug-likeness (QED) is 0.834. The van der Waals surface area contributed by atoms with Gasteiger partial charge >= 0.3 is 0 Å². The number of hydrogen-bond acceptors (Lipinski definition) is 4. The molecule has 0 unspecified atom stereocenters. The number of rotatable bonds is 4. The molecular weight excluding hydrogens is 322 g/mol. The Kier molecular flexibility index (Phi) is 5.40. The number of piperazine rings is 1. The molecule has 0 bridgehead atoms. The highest BCUT2D eigenvalue weighted by Gasteiger charge is 2.29. The Morgan fingerprint density at radius 1 is 0.885 bits per heavy atom. The van der Waals surface area contributed by atoms with Gasteiger partial charge in [-0.1, -0.05) is 18.2 Å². The zero-order valence-corrected chi connectivity index (χ0v) is 15.7. The fraction of sp³-hybridized carbons (Fsp3) is 0.500. The third kappa shape index (κ3) is 3.70. The van der Waals surface area contributed by atoms with Crippen molar-refractivity contribution in [3.05, 3.63) is 54.4 Å². The monoisotopic (exact) mass is 351 g/mol. The first kappa shape index (κ1) is 17.3. The second kappa shape index (κ2) is 8.09. The van der Waals surface area contributed by atoms with Gasteiger partial charge in [0.15, 0.2) is 0 Å². The first-order valence-electron chi connectivity index (χ1n) is 9.88. The average Bonchev–Trinajstić information content (AvgIpc) is 2.74. The standard InChI is InChI=1S/C22H29N3O/c1-26-22-8-3-2-7-21(22)25-16-14-24(15-17-25)19-11-9-18(10-12-19)20-6-4-5-13-23-20/h2-8,13,18-19H,9-12,14-17H2,1H3/t18-,19-. The van der Waals surface area contributed by atoms with Crippen LogP contribution in [0.25, 0.3) is 0 Å². The summed E-state index contributed by atoms with van der Waals surface area (Å²) in [6, 6.07) is 15.4. The highest BCUT2D eigenvalue weighted by molar-refractivity contribution is 5.58. The van der Waals surface area contributed by atoms with Crippen molar-refractivity contribution in [1.29, 1.82) is 0 Å². The Bertz CT molecular complexity index is 690. The molecule has 1 aromatic carbocycles. The maximum absolute atomic E-state index is 5.53. The van der Waals surface area contributed by atoms with Crippen molar-refractivity contribution in [3.8, 4) is 5.75 Å². The Morgan fingerprint density at radius 2 is 1.62 bits per heavy atom. The Morgan fingerprint density at radius 3 is 2.31 bits per heavy atom. The second-order valence-corrected chi connectivity index (χ2v) is 7.45. The third-order valence-electron chi connectivity index (χ3n) is 6.06. The van der Waals surface area contributed by atoms with Gasteiger partial charge in [-0.05, 0) is 49.9 Å². The van der Waals surface area contributed by atoms with Crippen LogP contribution in [0.4, 0.5) is 5.69 Å². The molecule has 4 rings (SSSR count). The predicted octanol–water partition coefficient (Wildman–Crippen LogP) is 3.94. The first-order chi connectivity index (χ1) is 12.8. The van der Waals surface area contributed by atoms with Gasteiger partial charge in [0.05, 0.1) is 12.8 Å². The third-order valence-corrected chi connectivity index (χ3v) is 6.06. The molecule has 26 heavy (non-hydrogen) atoms. The van der Waals surface area contributed by atoms with Crippen molar-refractivity contribution < 1.29 is 4.74 Å². The van der Waals surface area contributed by atoms with Crippen molar-refractivity contribution in [2.75, 3.05) is 38.2 Å². The molecule has 0 spiro atoms. The van der Waals surface area contributed by atoms with E-state index in [0.29, 0.717) is 5.92 Å². The molecule has 1 aliphatic heterocycles. The minimum absolute atomic E-state index is 0.655. The Hall–Kier alpha value is -2.07. The normalized spacial score (nSPS) is 24.4. The van der Waals surface area contributed by atoms with E-state index in [-0.39, 0.29) is 0 Å². The van der Waals surface area contributed by atoms with Gasteiger partial charge in [0.1, 0.15) is 5.75 Å². The Labute approximate surface area is 156 Å². The highest BCUT2D eigenvalue weighted by Crippen LogP contribution is 2.35. The summed E-state index contributed by atoms with van der Waals surface area (Å²) in [6.07, 6.45) is 7.08. The molecule has 0 amide bonds. The smallest absolute Gasteiger partial charge is 0.142 e. The minimum atomic E-state index is 0.655. The lowest BCUT2D eigenvalue weighted by Crippen LogP contribution is -2.51. The lowest BCUT2D eigenvalue weighted by molar-refractivity contribution is 0.140. The molecule has 1 aromatic heterocycles. The van der Waals surface area contributed by atoms with Gasteiger partial charge in [-0.15, -0.1) is 0 Å². The van der Waals surface area contributed by atoms with Crippen LogP contribution in [0.2, 0.25) is 0 Å². The van der Waals surface area contributed by atoms with Crippen molar-refractivity contribution in [2.45, 2.75) is 37.6 Å². The van der Waals surface area contributed by atoms with Gasteiger partial charge < -0.3 is 9.64 Å². The summed E-state index contributed by atoms with van der Waals surface area (Å²) >= 11 is 0. The van der Waals surface area contributed by atoms with E-state index >= 15 is 0 Å². The summed E-state index contributed by atoms with van der Waals surface area (Å²) < 4.78 is 5.53. The fourth-order valence-electron chi connectivity index (χ4n) is 4.57. The number of pyridine rings is 1. The number of nitrogens with zero attached hydrogens (tertiary/aromatic N) is 3. The Balaban J connectivity index is 1.30. The van der Waals surface area contributed by atoms with Crippen LogP contribution in [0.5, 0.6) is 5.75 Å². The number of para-hydroxylation sites is 2. The van der Waals surface area contributed by atoms with Crippen LogP contribution >= 0.6 is 0 Å². The fourth-order valence-corrected chi connectivity index (χ4v) is 4.57. The summed E-state index contributed by atoms with van der Waals surface area (Å²) in [5.74, 6) is 1.64. The van der Waals surface area contributed by atoms with Gasteiger partial charge in [0.25, 0.3) is 0 Å².